The van der Waals surface area contributed by atoms with Crippen molar-refractivity contribution in [3.63, 3.8) is 0 Å². The van der Waals surface area contributed by atoms with E-state index in [1.54, 1.807) is 0 Å². The van der Waals surface area contributed by atoms with Crippen LogP contribution in [0.5, 0.6) is 0 Å². The second kappa shape index (κ2) is 4.93. The lowest BCUT2D eigenvalue weighted by atomic mass is 10.3. The van der Waals surface area contributed by atoms with Gasteiger partial charge in [0.15, 0.2) is 0 Å². The van der Waals surface area contributed by atoms with Crippen molar-refractivity contribution in [3.8, 4) is 0 Å². The molecule has 1 aliphatic rings. The molecular weight excluding hydrogens is 190 g/mol. The quantitative estimate of drug-likeness (QED) is 0.626. The van der Waals surface area contributed by atoms with E-state index in [0.717, 1.165) is 19.3 Å². The van der Waals surface area contributed by atoms with Gasteiger partial charge >= 0.3 is 0 Å². The summed E-state index contributed by atoms with van der Waals surface area (Å²) in [7, 11) is -3.02. The van der Waals surface area contributed by atoms with Gasteiger partial charge in [0.25, 0.3) is 0 Å². The molecule has 0 radical (unpaired) electrons. The van der Waals surface area contributed by atoms with Crippen LogP contribution in [0.4, 0.5) is 0 Å². The molecule has 0 bridgehead atoms. The summed E-state index contributed by atoms with van der Waals surface area (Å²) in [5.74, 6) is 0.268. The van der Waals surface area contributed by atoms with Crippen LogP contribution in [0.2, 0.25) is 0 Å². The lowest BCUT2D eigenvalue weighted by Crippen LogP contribution is -2.30. The molecule has 0 atom stereocenters. The summed E-state index contributed by atoms with van der Waals surface area (Å²) in [5, 5.41) is 0. The van der Waals surface area contributed by atoms with Gasteiger partial charge in [-0.25, -0.2) is 8.42 Å². The summed E-state index contributed by atoms with van der Waals surface area (Å²) in [6.07, 6.45) is 2.79. The van der Waals surface area contributed by atoms with Gasteiger partial charge in [-0.15, -0.1) is 0 Å². The second-order valence-electron chi connectivity index (χ2n) is 3.24. The maximum absolute atomic E-state index is 11.6. The Bertz CT molecular complexity index is 232. The minimum Gasteiger partial charge on any atom is -0.364 e. The maximum atomic E-state index is 11.6. The average Bonchev–Trinajstić information content (AvgIpc) is 2.56. The Balaban J connectivity index is 2.36. The molecule has 0 unspecified atom stereocenters. The Kier molecular flexibility index (Phi) is 4.15. The van der Waals surface area contributed by atoms with E-state index in [2.05, 4.69) is 6.92 Å². The van der Waals surface area contributed by atoms with E-state index in [0.29, 0.717) is 13.2 Å². The van der Waals surface area contributed by atoms with Crippen LogP contribution in [0, 0.1) is 0 Å². The number of rotatable bonds is 5. The van der Waals surface area contributed by atoms with Crippen molar-refractivity contribution in [2.45, 2.75) is 26.2 Å². The van der Waals surface area contributed by atoms with Gasteiger partial charge in [0.2, 0.25) is 10.0 Å². The van der Waals surface area contributed by atoms with Crippen LogP contribution in [0.15, 0.2) is 0 Å². The number of unbranched alkanes of at least 4 members (excludes halogenated alkanes) is 2. The van der Waals surface area contributed by atoms with E-state index in [-0.39, 0.29) is 12.5 Å². The lowest BCUT2D eigenvalue weighted by molar-refractivity contribution is 0.172. The number of hydrogen-bond donors (Lipinski definition) is 0. The molecule has 1 rings (SSSR count). The first-order valence-electron chi connectivity index (χ1n) is 4.72. The lowest BCUT2D eigenvalue weighted by Gasteiger charge is -2.13. The monoisotopic (exact) mass is 207 g/mol. The van der Waals surface area contributed by atoms with Crippen LogP contribution in [0.3, 0.4) is 0 Å². The van der Waals surface area contributed by atoms with Crippen molar-refractivity contribution in [2.24, 2.45) is 0 Å². The van der Waals surface area contributed by atoms with Gasteiger partial charge in [-0.3, -0.25) is 0 Å². The molecule has 1 saturated heterocycles. The minimum absolute atomic E-state index is 0.245. The molecule has 78 valence electrons. The molecular formula is C8H17NO3S. The first-order valence-corrected chi connectivity index (χ1v) is 6.33. The van der Waals surface area contributed by atoms with Gasteiger partial charge in [-0.1, -0.05) is 19.8 Å². The normalized spacial score (nSPS) is 19.5. The molecule has 0 aliphatic carbocycles. The number of nitrogens with zero attached hydrogens (tertiary/aromatic N) is 1. The maximum Gasteiger partial charge on any atom is 0.216 e. The summed E-state index contributed by atoms with van der Waals surface area (Å²) in [6.45, 7) is 3.36. The van der Waals surface area contributed by atoms with Gasteiger partial charge in [0.1, 0.15) is 6.73 Å². The summed E-state index contributed by atoms with van der Waals surface area (Å²) in [4.78, 5) is 0. The molecule has 0 N–H and O–H groups in total. The van der Waals surface area contributed by atoms with Crippen LogP contribution >= 0.6 is 0 Å². The van der Waals surface area contributed by atoms with Crippen LogP contribution in [-0.2, 0) is 14.8 Å². The zero-order chi connectivity index (χ0) is 9.73. The van der Waals surface area contributed by atoms with Crippen molar-refractivity contribution in [1.29, 1.82) is 0 Å². The highest BCUT2D eigenvalue weighted by Gasteiger charge is 2.24. The van der Waals surface area contributed by atoms with Gasteiger partial charge in [-0.2, -0.15) is 4.31 Å². The molecule has 0 amide bonds. The largest absolute Gasteiger partial charge is 0.364 e. The Morgan fingerprint density at radius 2 is 2.15 bits per heavy atom. The number of ether oxygens (including phenoxy) is 1. The van der Waals surface area contributed by atoms with Gasteiger partial charge in [-0.05, 0) is 6.42 Å². The summed E-state index contributed by atoms with van der Waals surface area (Å²) < 4.78 is 29.5. The molecule has 5 heteroatoms. The SMILES string of the molecule is CCCCCS(=O)(=O)N1CCOC1. The molecule has 1 aliphatic heterocycles. The minimum atomic E-state index is -3.02. The fourth-order valence-electron chi connectivity index (χ4n) is 1.28. The van der Waals surface area contributed by atoms with E-state index >= 15 is 0 Å². The van der Waals surface area contributed by atoms with Crippen molar-refractivity contribution < 1.29 is 13.2 Å². The topological polar surface area (TPSA) is 46.6 Å². The first kappa shape index (κ1) is 10.9. The fourth-order valence-corrected chi connectivity index (χ4v) is 2.70. The van der Waals surface area contributed by atoms with Crippen LogP contribution in [-0.4, -0.2) is 38.4 Å². The fraction of sp³-hybridized carbons (Fsp3) is 1.00. The van der Waals surface area contributed by atoms with Crippen LogP contribution < -0.4 is 0 Å². The molecule has 1 heterocycles. The van der Waals surface area contributed by atoms with Gasteiger partial charge in [0, 0.05) is 6.54 Å². The number of hydrogen-bond acceptors (Lipinski definition) is 3. The molecule has 0 spiro atoms. The van der Waals surface area contributed by atoms with Crippen molar-refractivity contribution in [1.82, 2.24) is 4.31 Å². The molecule has 0 aromatic rings. The highest BCUT2D eigenvalue weighted by molar-refractivity contribution is 7.89. The molecule has 13 heavy (non-hydrogen) atoms. The third-order valence-corrected chi connectivity index (χ3v) is 4.00. The standard InChI is InChI=1S/C8H17NO3S/c1-2-3-4-7-13(10,11)9-5-6-12-8-9/h2-8H2,1H3. The van der Waals surface area contributed by atoms with E-state index in [9.17, 15) is 8.42 Å². The highest BCUT2D eigenvalue weighted by atomic mass is 32.2. The molecule has 0 saturated carbocycles. The first-order chi connectivity index (χ1) is 6.17. The molecule has 4 nitrogen and oxygen atoms in total. The Hall–Kier alpha value is -0.130. The number of sulfonamides is 1. The molecule has 0 aromatic carbocycles. The highest BCUT2D eigenvalue weighted by Crippen LogP contribution is 2.09. The smallest absolute Gasteiger partial charge is 0.216 e. The summed E-state index contributed by atoms with van der Waals surface area (Å²) in [6, 6.07) is 0. The van der Waals surface area contributed by atoms with Gasteiger partial charge in [0.05, 0.1) is 12.4 Å². The van der Waals surface area contributed by atoms with E-state index in [1.165, 1.54) is 4.31 Å². The van der Waals surface area contributed by atoms with E-state index < -0.39 is 10.0 Å². The van der Waals surface area contributed by atoms with Gasteiger partial charge < -0.3 is 4.74 Å². The van der Waals surface area contributed by atoms with Crippen molar-refractivity contribution in [3.05, 3.63) is 0 Å². The van der Waals surface area contributed by atoms with Crippen molar-refractivity contribution >= 4 is 10.0 Å². The van der Waals surface area contributed by atoms with E-state index in [1.807, 2.05) is 0 Å². The second-order valence-corrected chi connectivity index (χ2v) is 5.32. The molecule has 1 fully saturated rings. The third-order valence-electron chi connectivity index (χ3n) is 2.12. The summed E-state index contributed by atoms with van der Waals surface area (Å²) in [5.41, 5.74) is 0. The Morgan fingerprint density at radius 3 is 2.69 bits per heavy atom. The average molecular weight is 207 g/mol. The van der Waals surface area contributed by atoms with Crippen LogP contribution in [0.1, 0.15) is 26.2 Å². The Labute approximate surface area is 79.9 Å². The summed E-state index contributed by atoms with van der Waals surface area (Å²) >= 11 is 0. The zero-order valence-electron chi connectivity index (χ0n) is 8.03. The molecule has 0 aromatic heterocycles. The predicted octanol–water partition coefficient (Wildman–Crippen LogP) is 0.796. The third kappa shape index (κ3) is 3.25. The van der Waals surface area contributed by atoms with E-state index in [4.69, 9.17) is 4.74 Å². The van der Waals surface area contributed by atoms with Crippen molar-refractivity contribution in [2.75, 3.05) is 25.6 Å². The zero-order valence-corrected chi connectivity index (χ0v) is 8.85. The van der Waals surface area contributed by atoms with Crippen LogP contribution in [0.25, 0.3) is 0 Å². The predicted molar refractivity (Wildman–Crippen MR) is 50.8 cm³/mol. The Morgan fingerprint density at radius 1 is 1.38 bits per heavy atom.